The van der Waals surface area contributed by atoms with E-state index >= 15 is 0 Å². The predicted molar refractivity (Wildman–Crippen MR) is 101 cm³/mol. The van der Waals surface area contributed by atoms with Crippen LogP contribution in [0.5, 0.6) is 11.5 Å². The third kappa shape index (κ3) is 4.99. The van der Waals surface area contributed by atoms with Gasteiger partial charge in [0, 0.05) is 12.2 Å². The summed E-state index contributed by atoms with van der Waals surface area (Å²) in [5.74, 6) is 1.15. The van der Waals surface area contributed by atoms with Crippen molar-refractivity contribution in [3.63, 3.8) is 0 Å². The minimum absolute atomic E-state index is 0.148. The molecule has 1 N–H and O–H groups in total. The summed E-state index contributed by atoms with van der Waals surface area (Å²) >= 11 is 0. The maximum Gasteiger partial charge on any atom is 0.255 e. The molecular weight excluding hydrogens is 330 g/mol. The zero-order chi connectivity index (χ0) is 18.2. The molecule has 1 aliphatic rings. The van der Waals surface area contributed by atoms with Crippen molar-refractivity contribution in [2.45, 2.75) is 32.3 Å². The third-order valence-corrected chi connectivity index (χ3v) is 4.15. The van der Waals surface area contributed by atoms with E-state index in [0.717, 1.165) is 25.9 Å². The van der Waals surface area contributed by atoms with Gasteiger partial charge < -0.3 is 19.5 Å². The van der Waals surface area contributed by atoms with Crippen molar-refractivity contribution < 1.29 is 19.0 Å². The fraction of sp³-hybridized carbons (Fsp3) is 0.381. The van der Waals surface area contributed by atoms with Crippen LogP contribution < -0.4 is 14.8 Å². The lowest BCUT2D eigenvalue weighted by Gasteiger charge is -2.13. The second-order valence-corrected chi connectivity index (χ2v) is 6.27. The summed E-state index contributed by atoms with van der Waals surface area (Å²) in [6.45, 7) is 3.97. The minimum Gasteiger partial charge on any atom is -0.491 e. The van der Waals surface area contributed by atoms with E-state index in [-0.39, 0.29) is 12.0 Å². The Morgan fingerprint density at radius 2 is 2.08 bits per heavy atom. The van der Waals surface area contributed by atoms with Crippen LogP contribution in [-0.4, -0.2) is 31.8 Å². The van der Waals surface area contributed by atoms with Crippen molar-refractivity contribution in [1.29, 1.82) is 0 Å². The summed E-state index contributed by atoms with van der Waals surface area (Å²) in [7, 11) is 0. The molecular formula is C21H25NO4. The lowest BCUT2D eigenvalue weighted by molar-refractivity contribution is 0.0679. The maximum absolute atomic E-state index is 12.6. The van der Waals surface area contributed by atoms with Gasteiger partial charge in [-0.25, -0.2) is 0 Å². The number of para-hydroxylation sites is 2. The summed E-state index contributed by atoms with van der Waals surface area (Å²) in [4.78, 5) is 12.6. The molecule has 5 heteroatoms. The lowest BCUT2D eigenvalue weighted by Crippen LogP contribution is -2.17. The standard InChI is InChI=1S/C21H25NO4/c1-2-12-25-20-11-4-3-10-19(20)22-21(23)16-7-5-8-17(14-16)26-15-18-9-6-13-24-18/h3-5,7-8,10-11,14,18H,2,6,9,12-13,15H2,1H3,(H,22,23). The molecule has 0 bridgehead atoms. The average Bonchev–Trinajstić information content (AvgIpc) is 3.19. The maximum atomic E-state index is 12.6. The zero-order valence-corrected chi connectivity index (χ0v) is 15.1. The van der Waals surface area contributed by atoms with Gasteiger partial charge in [0.1, 0.15) is 18.1 Å². The van der Waals surface area contributed by atoms with Gasteiger partial charge in [-0.15, -0.1) is 0 Å². The first-order valence-electron chi connectivity index (χ1n) is 9.14. The molecule has 1 amide bonds. The van der Waals surface area contributed by atoms with Gasteiger partial charge >= 0.3 is 0 Å². The molecule has 0 saturated carbocycles. The molecule has 0 spiro atoms. The highest BCUT2D eigenvalue weighted by molar-refractivity contribution is 6.05. The summed E-state index contributed by atoms with van der Waals surface area (Å²) < 4.78 is 17.0. The molecule has 0 aromatic heterocycles. The van der Waals surface area contributed by atoms with Gasteiger partial charge in [0.15, 0.2) is 0 Å². The topological polar surface area (TPSA) is 56.8 Å². The van der Waals surface area contributed by atoms with Crippen LogP contribution in [0.25, 0.3) is 0 Å². The molecule has 3 rings (SSSR count). The first kappa shape index (κ1) is 18.3. The number of nitrogens with one attached hydrogen (secondary N) is 1. The monoisotopic (exact) mass is 355 g/mol. The van der Waals surface area contributed by atoms with E-state index in [4.69, 9.17) is 14.2 Å². The highest BCUT2D eigenvalue weighted by atomic mass is 16.5. The first-order chi connectivity index (χ1) is 12.8. The Bertz CT molecular complexity index is 725. The van der Waals surface area contributed by atoms with Crippen LogP contribution in [0.2, 0.25) is 0 Å². The second-order valence-electron chi connectivity index (χ2n) is 6.27. The molecule has 2 aromatic rings. The number of ether oxygens (including phenoxy) is 3. The molecule has 1 aliphatic heterocycles. The summed E-state index contributed by atoms with van der Waals surface area (Å²) in [6.07, 6.45) is 3.16. The van der Waals surface area contributed by atoms with Crippen molar-refractivity contribution in [3.05, 3.63) is 54.1 Å². The number of hydrogen-bond donors (Lipinski definition) is 1. The van der Waals surface area contributed by atoms with Crippen LogP contribution >= 0.6 is 0 Å². The van der Waals surface area contributed by atoms with Crippen LogP contribution in [0.4, 0.5) is 5.69 Å². The number of rotatable bonds is 8. The van der Waals surface area contributed by atoms with Crippen molar-refractivity contribution in [2.75, 3.05) is 25.1 Å². The first-order valence-corrected chi connectivity index (χ1v) is 9.14. The summed E-state index contributed by atoms with van der Waals surface area (Å²) in [5.41, 5.74) is 1.21. The van der Waals surface area contributed by atoms with Crippen LogP contribution in [-0.2, 0) is 4.74 Å². The smallest absolute Gasteiger partial charge is 0.255 e. The SMILES string of the molecule is CCCOc1ccccc1NC(=O)c1cccc(OCC2CCCO2)c1. The van der Waals surface area contributed by atoms with Gasteiger partial charge in [-0.3, -0.25) is 4.79 Å². The molecule has 1 atom stereocenters. The quantitative estimate of drug-likeness (QED) is 0.768. The number of anilines is 1. The second kappa shape index (κ2) is 9.25. The molecule has 1 saturated heterocycles. The van der Waals surface area contributed by atoms with Gasteiger partial charge in [0.2, 0.25) is 0 Å². The van der Waals surface area contributed by atoms with Gasteiger partial charge in [0.25, 0.3) is 5.91 Å². The summed E-state index contributed by atoms with van der Waals surface area (Å²) in [5, 5.41) is 2.92. The molecule has 1 fully saturated rings. The largest absolute Gasteiger partial charge is 0.491 e. The zero-order valence-electron chi connectivity index (χ0n) is 15.1. The van der Waals surface area contributed by atoms with Gasteiger partial charge in [-0.05, 0) is 49.6 Å². The molecule has 138 valence electrons. The molecule has 0 radical (unpaired) electrons. The molecule has 2 aromatic carbocycles. The highest BCUT2D eigenvalue weighted by Gasteiger charge is 2.16. The van der Waals surface area contributed by atoms with Crippen LogP contribution in [0.1, 0.15) is 36.5 Å². The van der Waals surface area contributed by atoms with E-state index in [1.165, 1.54) is 0 Å². The fourth-order valence-corrected chi connectivity index (χ4v) is 2.79. The Morgan fingerprint density at radius 3 is 2.88 bits per heavy atom. The average molecular weight is 355 g/mol. The Labute approximate surface area is 154 Å². The normalized spacial score (nSPS) is 16.3. The molecule has 26 heavy (non-hydrogen) atoms. The number of hydrogen-bond acceptors (Lipinski definition) is 4. The number of carbonyl (C=O) groups excluding carboxylic acids is 1. The number of benzene rings is 2. The Kier molecular flexibility index (Phi) is 6.50. The molecule has 5 nitrogen and oxygen atoms in total. The van der Waals surface area contributed by atoms with Crippen molar-refractivity contribution in [1.82, 2.24) is 0 Å². The lowest BCUT2D eigenvalue weighted by atomic mass is 10.2. The van der Waals surface area contributed by atoms with Crippen molar-refractivity contribution in [3.8, 4) is 11.5 Å². The Hall–Kier alpha value is -2.53. The Balaban J connectivity index is 1.63. The van der Waals surface area contributed by atoms with Gasteiger partial charge in [0.05, 0.1) is 18.4 Å². The van der Waals surface area contributed by atoms with Crippen LogP contribution in [0, 0.1) is 0 Å². The molecule has 0 aliphatic carbocycles. The van der Waals surface area contributed by atoms with E-state index in [0.29, 0.717) is 36.0 Å². The third-order valence-electron chi connectivity index (χ3n) is 4.15. The molecule has 1 unspecified atom stereocenters. The van der Waals surface area contributed by atoms with E-state index < -0.39 is 0 Å². The predicted octanol–water partition coefficient (Wildman–Crippen LogP) is 4.29. The molecule has 1 heterocycles. The van der Waals surface area contributed by atoms with Crippen LogP contribution in [0.15, 0.2) is 48.5 Å². The van der Waals surface area contributed by atoms with E-state index in [1.54, 1.807) is 12.1 Å². The van der Waals surface area contributed by atoms with E-state index in [1.807, 2.05) is 43.3 Å². The van der Waals surface area contributed by atoms with E-state index in [9.17, 15) is 4.79 Å². The van der Waals surface area contributed by atoms with E-state index in [2.05, 4.69) is 5.32 Å². The van der Waals surface area contributed by atoms with Crippen molar-refractivity contribution in [2.24, 2.45) is 0 Å². The minimum atomic E-state index is -0.194. The van der Waals surface area contributed by atoms with Gasteiger partial charge in [-0.1, -0.05) is 25.1 Å². The summed E-state index contributed by atoms with van der Waals surface area (Å²) in [6, 6.07) is 14.6. The van der Waals surface area contributed by atoms with Crippen molar-refractivity contribution >= 4 is 11.6 Å². The number of carbonyl (C=O) groups is 1. The highest BCUT2D eigenvalue weighted by Crippen LogP contribution is 2.25. The number of amides is 1. The fourth-order valence-electron chi connectivity index (χ4n) is 2.79. The van der Waals surface area contributed by atoms with Crippen LogP contribution in [0.3, 0.4) is 0 Å². The Morgan fingerprint density at radius 1 is 1.19 bits per heavy atom. The van der Waals surface area contributed by atoms with Gasteiger partial charge in [-0.2, -0.15) is 0 Å².